The van der Waals surface area contributed by atoms with Crippen LogP contribution in [0, 0.1) is 5.92 Å². The Morgan fingerprint density at radius 1 is 1.27 bits per heavy atom. The number of nitrogens with zero attached hydrogens (tertiary/aromatic N) is 1. The van der Waals surface area contributed by atoms with Crippen molar-refractivity contribution in [3.8, 4) is 0 Å². The number of halogens is 1. The topological polar surface area (TPSA) is 69.8 Å². The zero-order valence-corrected chi connectivity index (χ0v) is 13.2. The smallest absolute Gasteiger partial charge is 0.224 e. The Morgan fingerprint density at radius 2 is 2.05 bits per heavy atom. The largest absolute Gasteiger partial charge is 0.326 e. The van der Waals surface area contributed by atoms with E-state index in [0.717, 1.165) is 29.4 Å². The van der Waals surface area contributed by atoms with E-state index in [1.165, 1.54) is 12.8 Å². The van der Waals surface area contributed by atoms with Gasteiger partial charge in [-0.1, -0.05) is 0 Å². The maximum Gasteiger partial charge on any atom is 0.224 e. The molecule has 1 aromatic carbocycles. The van der Waals surface area contributed by atoms with Crippen LogP contribution >= 0.6 is 12.4 Å². The average Bonchev–Trinajstić information content (AvgIpc) is 3.04. The van der Waals surface area contributed by atoms with Crippen LogP contribution < -0.4 is 10.6 Å². The number of nitrogens with one attached hydrogen (secondary N) is 3. The van der Waals surface area contributed by atoms with Crippen LogP contribution in [-0.4, -0.2) is 28.2 Å². The van der Waals surface area contributed by atoms with E-state index in [1.807, 2.05) is 18.2 Å². The summed E-state index contributed by atoms with van der Waals surface area (Å²) < 4.78 is 0. The predicted molar refractivity (Wildman–Crippen MR) is 89.3 cm³/mol. The number of carbonyl (C=O) groups excluding carboxylic acids is 1. The van der Waals surface area contributed by atoms with Crippen LogP contribution in [0.1, 0.15) is 32.1 Å². The van der Waals surface area contributed by atoms with Crippen LogP contribution in [0.15, 0.2) is 24.4 Å². The average molecular weight is 321 g/mol. The second-order valence-electron chi connectivity index (χ2n) is 6.40. The number of benzene rings is 1. The van der Waals surface area contributed by atoms with Gasteiger partial charge in [-0.15, -0.1) is 12.4 Å². The maximum atomic E-state index is 12.2. The van der Waals surface area contributed by atoms with Crippen molar-refractivity contribution in [2.45, 2.75) is 44.2 Å². The third-order valence-electron chi connectivity index (χ3n) is 4.77. The van der Waals surface area contributed by atoms with Crippen LogP contribution in [0.5, 0.6) is 0 Å². The van der Waals surface area contributed by atoms with Gasteiger partial charge in [0.05, 0.1) is 11.7 Å². The molecule has 2 saturated heterocycles. The molecule has 0 saturated carbocycles. The fourth-order valence-electron chi connectivity index (χ4n) is 3.84. The first-order chi connectivity index (χ1) is 10.3. The minimum absolute atomic E-state index is 0. The molecule has 1 aromatic heterocycles. The lowest BCUT2D eigenvalue weighted by Gasteiger charge is -2.28. The molecule has 2 fully saturated rings. The summed E-state index contributed by atoms with van der Waals surface area (Å²) in [6.07, 6.45) is 7.25. The molecule has 2 atom stereocenters. The van der Waals surface area contributed by atoms with Crippen LogP contribution in [0.25, 0.3) is 10.9 Å². The molecule has 4 rings (SSSR count). The molecule has 2 aliphatic heterocycles. The Labute approximate surface area is 135 Å². The summed E-state index contributed by atoms with van der Waals surface area (Å²) in [7, 11) is 0. The van der Waals surface area contributed by atoms with E-state index in [0.29, 0.717) is 24.4 Å². The fraction of sp³-hybridized carbons (Fsp3) is 0.500. The molecule has 2 aromatic rings. The van der Waals surface area contributed by atoms with Crippen molar-refractivity contribution in [2.75, 3.05) is 5.32 Å². The highest BCUT2D eigenvalue weighted by molar-refractivity contribution is 5.93. The van der Waals surface area contributed by atoms with Crippen molar-refractivity contribution in [3.63, 3.8) is 0 Å². The number of piperidine rings is 1. The number of hydrogen-bond acceptors (Lipinski definition) is 3. The molecule has 0 radical (unpaired) electrons. The van der Waals surface area contributed by atoms with Crippen LogP contribution in [0.3, 0.4) is 0 Å². The van der Waals surface area contributed by atoms with Crippen molar-refractivity contribution in [1.82, 2.24) is 15.5 Å². The quantitative estimate of drug-likeness (QED) is 0.814. The molecule has 6 heteroatoms. The molecule has 3 heterocycles. The lowest BCUT2D eigenvalue weighted by molar-refractivity contribution is -0.117. The van der Waals surface area contributed by atoms with E-state index >= 15 is 0 Å². The number of aromatic amines is 1. The van der Waals surface area contributed by atoms with E-state index in [1.54, 1.807) is 6.20 Å². The monoisotopic (exact) mass is 320 g/mol. The standard InChI is InChI=1S/C16H20N4O.ClH/c21-16(7-10-5-12-1-2-13(6-10)18-12)19-14-3-4-15-11(8-14)9-17-20-15;/h3-4,8-10,12-13,18H,1-2,5-7H2,(H,17,20)(H,19,21);1H. The predicted octanol–water partition coefficient (Wildman–Crippen LogP) is 2.84. The maximum absolute atomic E-state index is 12.2. The van der Waals surface area contributed by atoms with E-state index in [4.69, 9.17) is 0 Å². The van der Waals surface area contributed by atoms with Crippen molar-refractivity contribution in [2.24, 2.45) is 5.92 Å². The van der Waals surface area contributed by atoms with E-state index in [2.05, 4.69) is 20.8 Å². The van der Waals surface area contributed by atoms with Crippen LogP contribution in [0.2, 0.25) is 0 Å². The number of H-pyrrole nitrogens is 1. The Bertz CT molecular complexity index is 659. The third kappa shape index (κ3) is 3.10. The SMILES string of the molecule is Cl.O=C(CC1CC2CCC(C1)N2)Nc1ccc2[nH]ncc2c1. The number of rotatable bonds is 3. The third-order valence-corrected chi connectivity index (χ3v) is 4.77. The highest BCUT2D eigenvalue weighted by Crippen LogP contribution is 2.32. The summed E-state index contributed by atoms with van der Waals surface area (Å²) in [4.78, 5) is 12.2. The summed E-state index contributed by atoms with van der Waals surface area (Å²) in [5.41, 5.74) is 1.84. The normalized spacial score (nSPS) is 26.6. The molecule has 2 aliphatic rings. The molecule has 118 valence electrons. The van der Waals surface area contributed by atoms with Crippen LogP contribution in [0.4, 0.5) is 5.69 Å². The minimum atomic E-state index is 0. The first kappa shape index (κ1) is 15.3. The van der Waals surface area contributed by atoms with Gasteiger partial charge in [0.1, 0.15) is 0 Å². The van der Waals surface area contributed by atoms with Crippen molar-refractivity contribution in [1.29, 1.82) is 0 Å². The van der Waals surface area contributed by atoms with Gasteiger partial charge in [0.15, 0.2) is 0 Å². The molecule has 2 unspecified atom stereocenters. The molecule has 2 bridgehead atoms. The lowest BCUT2D eigenvalue weighted by atomic mass is 9.89. The second-order valence-corrected chi connectivity index (χ2v) is 6.40. The fourth-order valence-corrected chi connectivity index (χ4v) is 3.84. The molecule has 22 heavy (non-hydrogen) atoms. The number of fused-ring (bicyclic) bond motifs is 3. The Kier molecular flexibility index (Phi) is 4.36. The molecule has 1 amide bonds. The zero-order valence-electron chi connectivity index (χ0n) is 12.3. The van der Waals surface area contributed by atoms with Crippen molar-refractivity contribution in [3.05, 3.63) is 24.4 Å². The second kappa shape index (κ2) is 6.26. The summed E-state index contributed by atoms with van der Waals surface area (Å²) >= 11 is 0. The summed E-state index contributed by atoms with van der Waals surface area (Å²) in [6, 6.07) is 7.11. The molecular formula is C16H21ClN4O. The van der Waals surface area contributed by atoms with Crippen molar-refractivity contribution >= 4 is 34.9 Å². The van der Waals surface area contributed by atoms with Gasteiger partial charge in [0.25, 0.3) is 0 Å². The Balaban J connectivity index is 0.00000144. The first-order valence-electron chi connectivity index (χ1n) is 7.75. The number of hydrogen-bond donors (Lipinski definition) is 3. The molecule has 0 aliphatic carbocycles. The summed E-state index contributed by atoms with van der Waals surface area (Å²) in [5.74, 6) is 0.658. The van der Waals surface area contributed by atoms with Gasteiger partial charge in [-0.3, -0.25) is 9.89 Å². The number of anilines is 1. The van der Waals surface area contributed by atoms with E-state index < -0.39 is 0 Å². The highest BCUT2D eigenvalue weighted by Gasteiger charge is 2.34. The van der Waals surface area contributed by atoms with Gasteiger partial charge >= 0.3 is 0 Å². The van der Waals surface area contributed by atoms with E-state index in [-0.39, 0.29) is 18.3 Å². The van der Waals surface area contributed by atoms with Gasteiger partial charge in [-0.2, -0.15) is 5.10 Å². The van der Waals surface area contributed by atoms with Gasteiger partial charge in [-0.25, -0.2) is 0 Å². The summed E-state index contributed by atoms with van der Waals surface area (Å²) in [5, 5.41) is 14.6. The molecular weight excluding hydrogens is 300 g/mol. The van der Waals surface area contributed by atoms with Crippen LogP contribution in [-0.2, 0) is 4.79 Å². The highest BCUT2D eigenvalue weighted by atomic mass is 35.5. The van der Waals surface area contributed by atoms with Gasteiger partial charge in [0, 0.05) is 29.6 Å². The number of amides is 1. The first-order valence-corrected chi connectivity index (χ1v) is 7.75. The minimum Gasteiger partial charge on any atom is -0.326 e. The lowest BCUT2D eigenvalue weighted by Crippen LogP contribution is -2.39. The Hall–Kier alpha value is -1.59. The van der Waals surface area contributed by atoms with Crippen molar-refractivity contribution < 1.29 is 4.79 Å². The Morgan fingerprint density at radius 3 is 2.82 bits per heavy atom. The van der Waals surface area contributed by atoms with E-state index in [9.17, 15) is 4.79 Å². The summed E-state index contributed by atoms with van der Waals surface area (Å²) in [6.45, 7) is 0. The number of aromatic nitrogens is 2. The van der Waals surface area contributed by atoms with Gasteiger partial charge in [-0.05, 0) is 49.8 Å². The number of carbonyl (C=O) groups is 1. The molecule has 3 N–H and O–H groups in total. The van der Waals surface area contributed by atoms with Gasteiger partial charge < -0.3 is 10.6 Å². The molecule has 0 spiro atoms. The van der Waals surface area contributed by atoms with Gasteiger partial charge in [0.2, 0.25) is 5.91 Å². The zero-order chi connectivity index (χ0) is 14.2. The molecule has 5 nitrogen and oxygen atoms in total.